The SMILES string of the molecule is O=C1C(=Cc2ccc3c(c2)OCCO3)SC(=Nc2ccc(F)cc2)N1c1ccc(Cl)cc1. The Hall–Kier alpha value is -3.29. The maximum Gasteiger partial charge on any atom is 0.271 e. The number of carbonyl (C=O) groups is 1. The van der Waals surface area contributed by atoms with Crippen molar-refractivity contribution < 1.29 is 18.7 Å². The van der Waals surface area contributed by atoms with Crippen molar-refractivity contribution in [2.45, 2.75) is 0 Å². The van der Waals surface area contributed by atoms with E-state index in [-0.39, 0.29) is 11.7 Å². The quantitative estimate of drug-likeness (QED) is 0.440. The summed E-state index contributed by atoms with van der Waals surface area (Å²) in [6, 6.07) is 18.3. The monoisotopic (exact) mass is 466 g/mol. The summed E-state index contributed by atoms with van der Waals surface area (Å²) < 4.78 is 24.5. The van der Waals surface area contributed by atoms with Gasteiger partial charge in [-0.05, 0) is 84.1 Å². The van der Waals surface area contributed by atoms with Gasteiger partial charge < -0.3 is 9.47 Å². The van der Waals surface area contributed by atoms with Crippen molar-refractivity contribution in [1.29, 1.82) is 0 Å². The van der Waals surface area contributed by atoms with Crippen molar-refractivity contribution in [3.05, 3.63) is 88.0 Å². The highest BCUT2D eigenvalue weighted by molar-refractivity contribution is 8.19. The number of amides is 1. The summed E-state index contributed by atoms with van der Waals surface area (Å²) in [5, 5.41) is 1.03. The molecule has 5 nitrogen and oxygen atoms in total. The number of halogens is 2. The highest BCUT2D eigenvalue weighted by Gasteiger charge is 2.34. The molecule has 0 unspecified atom stereocenters. The Balaban J connectivity index is 1.53. The zero-order chi connectivity index (χ0) is 22.1. The van der Waals surface area contributed by atoms with Crippen molar-refractivity contribution >= 4 is 51.9 Å². The molecular weight excluding hydrogens is 451 g/mol. The lowest BCUT2D eigenvalue weighted by molar-refractivity contribution is -0.113. The minimum Gasteiger partial charge on any atom is -0.486 e. The minimum atomic E-state index is -0.349. The Bertz CT molecular complexity index is 1240. The van der Waals surface area contributed by atoms with Crippen LogP contribution in [0.5, 0.6) is 11.5 Å². The molecule has 160 valence electrons. The second kappa shape index (κ2) is 8.68. The van der Waals surface area contributed by atoms with E-state index in [9.17, 15) is 9.18 Å². The zero-order valence-electron chi connectivity index (χ0n) is 16.6. The Morgan fingerprint density at radius 3 is 2.44 bits per heavy atom. The molecule has 0 N–H and O–H groups in total. The van der Waals surface area contributed by atoms with Crippen LogP contribution in [0.15, 0.2) is 76.6 Å². The average molecular weight is 467 g/mol. The number of carbonyl (C=O) groups excluding carboxylic acids is 1. The maximum atomic E-state index is 13.3. The number of rotatable bonds is 3. The molecule has 8 heteroatoms. The van der Waals surface area contributed by atoms with Crippen LogP contribution in [0.3, 0.4) is 0 Å². The lowest BCUT2D eigenvalue weighted by Gasteiger charge is -2.18. The number of hydrogen-bond acceptors (Lipinski definition) is 5. The van der Waals surface area contributed by atoms with E-state index in [1.807, 2.05) is 18.2 Å². The molecule has 32 heavy (non-hydrogen) atoms. The van der Waals surface area contributed by atoms with Crippen LogP contribution in [0, 0.1) is 5.82 Å². The summed E-state index contributed by atoms with van der Waals surface area (Å²) >= 11 is 7.27. The molecule has 0 saturated carbocycles. The first kappa shape index (κ1) is 20.6. The second-order valence-electron chi connectivity index (χ2n) is 7.00. The molecule has 0 atom stereocenters. The van der Waals surface area contributed by atoms with Gasteiger partial charge in [0, 0.05) is 5.02 Å². The number of benzene rings is 3. The summed E-state index contributed by atoms with van der Waals surface area (Å²) in [7, 11) is 0. The Morgan fingerprint density at radius 2 is 1.69 bits per heavy atom. The van der Waals surface area contributed by atoms with Gasteiger partial charge in [0.1, 0.15) is 19.0 Å². The summed E-state index contributed by atoms with van der Waals surface area (Å²) in [5.41, 5.74) is 1.99. The zero-order valence-corrected chi connectivity index (χ0v) is 18.2. The molecular formula is C24H16ClFN2O3S. The normalized spacial score (nSPS) is 17.9. The van der Waals surface area contributed by atoms with Gasteiger partial charge in [-0.1, -0.05) is 17.7 Å². The lowest BCUT2D eigenvalue weighted by Crippen LogP contribution is -2.28. The largest absolute Gasteiger partial charge is 0.486 e. The number of ether oxygens (including phenoxy) is 2. The summed E-state index contributed by atoms with van der Waals surface area (Å²) in [4.78, 5) is 20.0. The van der Waals surface area contributed by atoms with Gasteiger partial charge in [0.25, 0.3) is 5.91 Å². The van der Waals surface area contributed by atoms with Crippen LogP contribution in [0.1, 0.15) is 5.56 Å². The number of amidine groups is 1. The van der Waals surface area contributed by atoms with Crippen LogP contribution in [-0.2, 0) is 4.79 Å². The van der Waals surface area contributed by atoms with Gasteiger partial charge in [0.2, 0.25) is 0 Å². The average Bonchev–Trinajstić information content (AvgIpc) is 3.10. The van der Waals surface area contributed by atoms with Gasteiger partial charge in [0.15, 0.2) is 16.7 Å². The summed E-state index contributed by atoms with van der Waals surface area (Å²) in [5.74, 6) is 0.770. The Kier molecular flexibility index (Phi) is 5.59. The van der Waals surface area contributed by atoms with Crippen LogP contribution < -0.4 is 14.4 Å². The van der Waals surface area contributed by atoms with Crippen LogP contribution in [0.4, 0.5) is 15.8 Å². The molecule has 2 aliphatic rings. The van der Waals surface area contributed by atoms with Gasteiger partial charge in [0.05, 0.1) is 16.3 Å². The van der Waals surface area contributed by atoms with E-state index < -0.39 is 0 Å². The predicted molar refractivity (Wildman–Crippen MR) is 125 cm³/mol. The predicted octanol–water partition coefficient (Wildman–Crippen LogP) is 6.06. The molecule has 0 bridgehead atoms. The van der Waals surface area contributed by atoms with Crippen LogP contribution in [-0.4, -0.2) is 24.3 Å². The van der Waals surface area contributed by atoms with Gasteiger partial charge in [-0.15, -0.1) is 0 Å². The van der Waals surface area contributed by atoms with E-state index in [1.54, 1.807) is 42.5 Å². The fourth-order valence-corrected chi connectivity index (χ4v) is 4.42. The van der Waals surface area contributed by atoms with Crippen molar-refractivity contribution in [2.75, 3.05) is 18.1 Å². The van der Waals surface area contributed by atoms with Crippen molar-refractivity contribution in [3.8, 4) is 11.5 Å². The van der Waals surface area contributed by atoms with Gasteiger partial charge in [-0.25, -0.2) is 9.38 Å². The first-order valence-corrected chi connectivity index (χ1v) is 11.0. The number of anilines is 1. The van der Waals surface area contributed by atoms with Gasteiger partial charge in [-0.3, -0.25) is 9.69 Å². The summed E-state index contributed by atoms with van der Waals surface area (Å²) in [6.45, 7) is 1.00. The lowest BCUT2D eigenvalue weighted by atomic mass is 10.1. The van der Waals surface area contributed by atoms with E-state index in [4.69, 9.17) is 21.1 Å². The molecule has 3 aromatic carbocycles. The molecule has 2 aliphatic heterocycles. The number of hydrogen-bond donors (Lipinski definition) is 0. The molecule has 0 spiro atoms. The summed E-state index contributed by atoms with van der Waals surface area (Å²) in [6.07, 6.45) is 1.79. The first-order valence-electron chi connectivity index (χ1n) is 9.80. The Morgan fingerprint density at radius 1 is 0.969 bits per heavy atom. The highest BCUT2D eigenvalue weighted by Crippen LogP contribution is 2.39. The third-order valence-corrected chi connectivity index (χ3v) is 6.03. The molecule has 0 aromatic heterocycles. The molecule has 0 aliphatic carbocycles. The third-order valence-electron chi connectivity index (χ3n) is 4.81. The molecule has 3 aromatic rings. The molecule has 1 saturated heterocycles. The van der Waals surface area contributed by atoms with E-state index in [0.29, 0.717) is 51.2 Å². The fraction of sp³-hybridized carbons (Fsp3) is 0.0833. The molecule has 1 fully saturated rings. The molecule has 1 amide bonds. The van der Waals surface area contributed by atoms with E-state index >= 15 is 0 Å². The maximum absolute atomic E-state index is 13.3. The first-order chi connectivity index (χ1) is 15.6. The third kappa shape index (κ3) is 4.22. The standard InChI is InChI=1S/C24H16ClFN2O3S/c25-16-2-8-19(9-3-16)28-23(29)22(32-24(28)27-18-6-4-17(26)5-7-18)14-15-1-10-20-21(13-15)31-12-11-30-20/h1-10,13-14H,11-12H2. The number of nitrogens with zero attached hydrogens (tertiary/aromatic N) is 2. The van der Waals surface area contributed by atoms with E-state index in [2.05, 4.69) is 4.99 Å². The minimum absolute atomic E-state index is 0.215. The van der Waals surface area contributed by atoms with E-state index in [1.165, 1.54) is 28.8 Å². The van der Waals surface area contributed by atoms with Gasteiger partial charge in [-0.2, -0.15) is 0 Å². The van der Waals surface area contributed by atoms with Crippen LogP contribution in [0.25, 0.3) is 6.08 Å². The van der Waals surface area contributed by atoms with Crippen molar-refractivity contribution in [3.63, 3.8) is 0 Å². The number of thioether (sulfide) groups is 1. The molecule has 0 radical (unpaired) electrons. The topological polar surface area (TPSA) is 51.1 Å². The van der Waals surface area contributed by atoms with Gasteiger partial charge >= 0.3 is 0 Å². The van der Waals surface area contributed by atoms with Crippen molar-refractivity contribution in [1.82, 2.24) is 0 Å². The molecule has 5 rings (SSSR count). The van der Waals surface area contributed by atoms with Crippen molar-refractivity contribution in [2.24, 2.45) is 4.99 Å². The second-order valence-corrected chi connectivity index (χ2v) is 8.45. The molecule has 2 heterocycles. The number of aliphatic imine (C=N–C) groups is 1. The highest BCUT2D eigenvalue weighted by atomic mass is 35.5. The smallest absolute Gasteiger partial charge is 0.271 e. The Labute approximate surface area is 193 Å². The fourth-order valence-electron chi connectivity index (χ4n) is 3.29. The van der Waals surface area contributed by atoms with Crippen LogP contribution >= 0.6 is 23.4 Å². The van der Waals surface area contributed by atoms with E-state index in [0.717, 1.165) is 5.56 Å². The number of fused-ring (bicyclic) bond motifs is 1. The van der Waals surface area contributed by atoms with Crippen LogP contribution in [0.2, 0.25) is 5.02 Å².